The molecule has 106 valence electrons. The summed E-state index contributed by atoms with van der Waals surface area (Å²) >= 11 is 1.22. The van der Waals surface area contributed by atoms with Gasteiger partial charge in [-0.1, -0.05) is 25.1 Å². The lowest BCUT2D eigenvalue weighted by Gasteiger charge is -2.05. The maximum Gasteiger partial charge on any atom is 0.251 e. The Morgan fingerprint density at radius 3 is 3.05 bits per heavy atom. The van der Waals surface area contributed by atoms with Gasteiger partial charge in [0.05, 0.1) is 12.4 Å². The minimum atomic E-state index is -0.180. The number of aromatic nitrogens is 2. The van der Waals surface area contributed by atoms with E-state index >= 15 is 0 Å². The molecule has 0 aliphatic heterocycles. The number of aromatic amines is 1. The molecule has 0 unspecified atom stereocenters. The van der Waals surface area contributed by atoms with Crippen LogP contribution in [0.15, 0.2) is 16.0 Å². The third-order valence-corrected chi connectivity index (χ3v) is 3.12. The van der Waals surface area contributed by atoms with E-state index in [0.717, 1.165) is 18.5 Å². The van der Waals surface area contributed by atoms with Gasteiger partial charge in [0.1, 0.15) is 0 Å². The first-order valence-electron chi connectivity index (χ1n) is 6.14. The van der Waals surface area contributed by atoms with Crippen molar-refractivity contribution in [3.05, 3.63) is 22.1 Å². The summed E-state index contributed by atoms with van der Waals surface area (Å²) in [5, 5.41) is 3.19. The van der Waals surface area contributed by atoms with Crippen LogP contribution in [0.1, 0.15) is 19.0 Å². The highest BCUT2D eigenvalue weighted by atomic mass is 32.2. The van der Waals surface area contributed by atoms with Crippen LogP contribution >= 0.6 is 11.8 Å². The van der Waals surface area contributed by atoms with E-state index in [1.54, 1.807) is 7.11 Å². The number of H-pyrrole nitrogens is 1. The van der Waals surface area contributed by atoms with Gasteiger partial charge in [-0.05, 0) is 6.42 Å². The number of hydrogen-bond donors (Lipinski definition) is 2. The molecule has 0 saturated carbocycles. The van der Waals surface area contributed by atoms with Crippen LogP contribution in [0.25, 0.3) is 0 Å². The fourth-order valence-electron chi connectivity index (χ4n) is 1.41. The maximum absolute atomic E-state index is 11.5. The summed E-state index contributed by atoms with van der Waals surface area (Å²) in [6, 6.07) is 1.49. The molecule has 0 bridgehead atoms. The quantitative estimate of drug-likeness (QED) is 0.414. The topological polar surface area (TPSA) is 84.1 Å². The van der Waals surface area contributed by atoms with Gasteiger partial charge >= 0.3 is 0 Å². The van der Waals surface area contributed by atoms with Crippen molar-refractivity contribution in [3.8, 4) is 0 Å². The number of thioether (sulfide) groups is 1. The normalized spacial score (nSPS) is 10.4. The molecule has 0 aliphatic carbocycles. The number of hydrogen-bond acceptors (Lipinski definition) is 5. The molecule has 1 rings (SSSR count). The molecule has 1 amide bonds. The lowest BCUT2D eigenvalue weighted by molar-refractivity contribution is -0.118. The summed E-state index contributed by atoms with van der Waals surface area (Å²) in [5.74, 6) is 0.119. The van der Waals surface area contributed by atoms with Gasteiger partial charge in [-0.15, -0.1) is 0 Å². The summed E-state index contributed by atoms with van der Waals surface area (Å²) in [6.45, 7) is 2.99. The number of nitrogens with zero attached hydrogens (tertiary/aromatic N) is 1. The Balaban J connectivity index is 2.48. The number of nitrogens with one attached hydrogen (secondary N) is 2. The highest BCUT2D eigenvalue weighted by Crippen LogP contribution is 2.11. The van der Waals surface area contributed by atoms with Gasteiger partial charge in [-0.25, -0.2) is 4.98 Å². The van der Waals surface area contributed by atoms with Gasteiger partial charge < -0.3 is 15.0 Å². The second-order valence-electron chi connectivity index (χ2n) is 3.92. The molecule has 0 radical (unpaired) electrons. The summed E-state index contributed by atoms with van der Waals surface area (Å²) in [6.07, 6.45) is 1.69. The van der Waals surface area contributed by atoms with Gasteiger partial charge in [0.15, 0.2) is 5.16 Å². The SMILES string of the molecule is CCCc1cc(=O)[nH]c(SCC(=O)NCCOC)n1. The number of methoxy groups -OCH3 is 1. The van der Waals surface area contributed by atoms with E-state index in [1.165, 1.54) is 17.8 Å². The summed E-state index contributed by atoms with van der Waals surface area (Å²) < 4.78 is 4.83. The molecule has 6 nitrogen and oxygen atoms in total. The van der Waals surface area contributed by atoms with Crippen LogP contribution in [0.5, 0.6) is 0 Å². The molecular weight excluding hydrogens is 266 g/mol. The van der Waals surface area contributed by atoms with Gasteiger partial charge in [0.25, 0.3) is 5.56 Å². The zero-order valence-electron chi connectivity index (χ0n) is 11.2. The van der Waals surface area contributed by atoms with Crippen molar-refractivity contribution < 1.29 is 9.53 Å². The van der Waals surface area contributed by atoms with Crippen LogP contribution in [0.2, 0.25) is 0 Å². The van der Waals surface area contributed by atoms with Crippen molar-refractivity contribution in [1.82, 2.24) is 15.3 Å². The Morgan fingerprint density at radius 2 is 2.37 bits per heavy atom. The molecule has 0 saturated heterocycles. The molecule has 0 aromatic carbocycles. The van der Waals surface area contributed by atoms with Gasteiger partial charge in [-0.3, -0.25) is 9.59 Å². The second-order valence-corrected chi connectivity index (χ2v) is 4.89. The van der Waals surface area contributed by atoms with E-state index in [4.69, 9.17) is 4.74 Å². The molecule has 7 heteroatoms. The highest BCUT2D eigenvalue weighted by Gasteiger charge is 2.05. The van der Waals surface area contributed by atoms with E-state index in [9.17, 15) is 9.59 Å². The molecule has 0 atom stereocenters. The van der Waals surface area contributed by atoms with Crippen LogP contribution in [-0.4, -0.2) is 41.9 Å². The Bertz CT molecular complexity index is 462. The van der Waals surface area contributed by atoms with E-state index in [0.29, 0.717) is 18.3 Å². The van der Waals surface area contributed by atoms with Crippen molar-refractivity contribution in [1.29, 1.82) is 0 Å². The Hall–Kier alpha value is -1.34. The Kier molecular flexibility index (Phi) is 7.20. The number of carbonyl (C=O) groups excluding carboxylic acids is 1. The summed E-state index contributed by atoms with van der Waals surface area (Å²) in [4.78, 5) is 29.8. The first-order chi connectivity index (χ1) is 9.15. The van der Waals surface area contributed by atoms with E-state index in [1.807, 2.05) is 6.92 Å². The summed E-state index contributed by atoms with van der Waals surface area (Å²) in [5.41, 5.74) is 0.578. The van der Waals surface area contributed by atoms with Crippen molar-refractivity contribution in [2.24, 2.45) is 0 Å². The first kappa shape index (κ1) is 15.7. The molecule has 0 aliphatic rings. The largest absolute Gasteiger partial charge is 0.383 e. The molecule has 19 heavy (non-hydrogen) atoms. The molecule has 1 aromatic heterocycles. The predicted molar refractivity (Wildman–Crippen MR) is 74.5 cm³/mol. The van der Waals surface area contributed by atoms with Crippen LogP contribution in [-0.2, 0) is 16.0 Å². The van der Waals surface area contributed by atoms with Crippen molar-refractivity contribution in [3.63, 3.8) is 0 Å². The third-order valence-electron chi connectivity index (χ3n) is 2.25. The Labute approximate surface area is 116 Å². The minimum Gasteiger partial charge on any atom is -0.383 e. The highest BCUT2D eigenvalue weighted by molar-refractivity contribution is 7.99. The number of amides is 1. The van der Waals surface area contributed by atoms with E-state index < -0.39 is 0 Å². The van der Waals surface area contributed by atoms with E-state index in [-0.39, 0.29) is 17.2 Å². The molecule has 1 heterocycles. The van der Waals surface area contributed by atoms with Crippen LogP contribution in [0.4, 0.5) is 0 Å². The third kappa shape index (κ3) is 6.40. The second kappa shape index (κ2) is 8.71. The minimum absolute atomic E-state index is 0.106. The molecule has 1 aromatic rings. The monoisotopic (exact) mass is 285 g/mol. The van der Waals surface area contributed by atoms with Gasteiger partial charge in [0.2, 0.25) is 5.91 Å². The van der Waals surface area contributed by atoms with Crippen LogP contribution < -0.4 is 10.9 Å². The van der Waals surface area contributed by atoms with Crippen molar-refractivity contribution in [2.45, 2.75) is 24.9 Å². The van der Waals surface area contributed by atoms with Gasteiger partial charge in [-0.2, -0.15) is 0 Å². The standard InChI is InChI=1S/C12H19N3O3S/c1-3-4-9-7-10(16)15-12(14-9)19-8-11(17)13-5-6-18-2/h7H,3-6,8H2,1-2H3,(H,13,17)(H,14,15,16). The fraction of sp³-hybridized carbons (Fsp3) is 0.583. The number of aryl methyl sites for hydroxylation is 1. The lowest BCUT2D eigenvalue weighted by atomic mass is 10.2. The molecule has 0 spiro atoms. The van der Waals surface area contributed by atoms with Crippen molar-refractivity contribution in [2.75, 3.05) is 26.0 Å². The Morgan fingerprint density at radius 1 is 1.58 bits per heavy atom. The average Bonchev–Trinajstić information content (AvgIpc) is 2.36. The number of rotatable bonds is 8. The number of carbonyl (C=O) groups is 1. The molecule has 0 fully saturated rings. The summed E-state index contributed by atoms with van der Waals surface area (Å²) in [7, 11) is 1.58. The molecule has 2 N–H and O–H groups in total. The first-order valence-corrected chi connectivity index (χ1v) is 7.13. The number of ether oxygens (including phenoxy) is 1. The molecular formula is C12H19N3O3S. The lowest BCUT2D eigenvalue weighted by Crippen LogP contribution is -2.28. The predicted octanol–water partition coefficient (Wildman–Crippen LogP) is 0.577. The smallest absolute Gasteiger partial charge is 0.251 e. The van der Waals surface area contributed by atoms with Gasteiger partial charge in [0, 0.05) is 25.4 Å². The zero-order chi connectivity index (χ0) is 14.1. The zero-order valence-corrected chi connectivity index (χ0v) is 12.0. The van der Waals surface area contributed by atoms with Crippen LogP contribution in [0.3, 0.4) is 0 Å². The van der Waals surface area contributed by atoms with Crippen LogP contribution in [0, 0.1) is 0 Å². The van der Waals surface area contributed by atoms with E-state index in [2.05, 4.69) is 15.3 Å². The van der Waals surface area contributed by atoms with Crippen molar-refractivity contribution >= 4 is 17.7 Å². The fourth-order valence-corrected chi connectivity index (χ4v) is 2.14. The maximum atomic E-state index is 11.5. The average molecular weight is 285 g/mol.